The molecule has 0 bridgehead atoms. The third-order valence-electron chi connectivity index (χ3n) is 1.44. The minimum Gasteiger partial charge on any atom is -0.370 e. The van der Waals surface area contributed by atoms with Crippen LogP contribution in [0.3, 0.4) is 0 Å². The van der Waals surface area contributed by atoms with E-state index in [9.17, 15) is 0 Å². The molecular weight excluding hydrogens is 321 g/mol. The van der Waals surface area contributed by atoms with Crippen LogP contribution in [-0.2, 0) is 13.6 Å². The molecule has 92 valence electrons. The molecule has 0 radical (unpaired) electrons. The van der Waals surface area contributed by atoms with Crippen LogP contribution in [0.25, 0.3) is 0 Å². The fourth-order valence-corrected chi connectivity index (χ4v) is 0.966. The fraction of sp³-hybridized carbons (Fsp3) is 0.750. The number of nitrogens with one attached hydrogen (secondary N) is 1. The molecule has 0 unspecified atom stereocenters. The normalized spacial score (nSPS) is 12.1. The predicted molar refractivity (Wildman–Crippen MR) is 72.4 cm³/mol. The molecule has 8 heteroatoms. The molecule has 1 rings (SSSR count). The van der Waals surface area contributed by atoms with Crippen LogP contribution in [0.2, 0.25) is 0 Å². The topological polar surface area (TPSA) is 94.0 Å². The summed E-state index contributed by atoms with van der Waals surface area (Å²) in [7, 11) is 1.71. The van der Waals surface area contributed by atoms with E-state index in [1.165, 1.54) is 4.80 Å². The van der Waals surface area contributed by atoms with Crippen LogP contribution in [0.15, 0.2) is 4.99 Å². The number of rotatable bonds is 2. The molecule has 0 aromatic carbocycles. The van der Waals surface area contributed by atoms with Crippen molar-refractivity contribution >= 4 is 29.9 Å². The van der Waals surface area contributed by atoms with Crippen LogP contribution < -0.4 is 11.1 Å². The van der Waals surface area contributed by atoms with Crippen molar-refractivity contribution in [1.82, 2.24) is 25.5 Å². The minimum absolute atomic E-state index is 0. The number of aliphatic imine (C=N–C) groups is 1. The van der Waals surface area contributed by atoms with Crippen molar-refractivity contribution in [2.75, 3.05) is 0 Å². The highest BCUT2D eigenvalue weighted by molar-refractivity contribution is 14.0. The van der Waals surface area contributed by atoms with Crippen LogP contribution in [0.4, 0.5) is 0 Å². The molecule has 0 aliphatic carbocycles. The number of aromatic nitrogens is 4. The lowest BCUT2D eigenvalue weighted by molar-refractivity contribution is 0.508. The molecule has 1 aromatic heterocycles. The number of nitrogens with two attached hydrogens (primary N) is 1. The molecule has 16 heavy (non-hydrogen) atoms. The molecule has 0 aliphatic rings. The van der Waals surface area contributed by atoms with E-state index < -0.39 is 0 Å². The standard InChI is InChI=1S/C8H17N7.HI/c1-8(2,3)11-7(9)10-5-6-12-14-15(4)13-6;/h5H2,1-4H3,(H3,9,10,11);1H. The Kier molecular flexibility index (Phi) is 5.62. The summed E-state index contributed by atoms with van der Waals surface area (Å²) >= 11 is 0. The SMILES string of the molecule is Cn1nnc(CN=C(N)NC(C)(C)C)n1.I. The maximum atomic E-state index is 5.67. The largest absolute Gasteiger partial charge is 0.370 e. The summed E-state index contributed by atoms with van der Waals surface area (Å²) in [6, 6.07) is 0. The summed E-state index contributed by atoms with van der Waals surface area (Å²) in [5.41, 5.74) is 5.58. The van der Waals surface area contributed by atoms with Crippen molar-refractivity contribution in [3.8, 4) is 0 Å². The fourth-order valence-electron chi connectivity index (χ4n) is 0.966. The second-order valence-electron chi connectivity index (χ2n) is 4.27. The number of nitrogens with zero attached hydrogens (tertiary/aromatic N) is 5. The van der Waals surface area contributed by atoms with Crippen LogP contribution >= 0.6 is 24.0 Å². The Hall–Kier alpha value is -0.930. The molecule has 0 fully saturated rings. The number of hydrogen-bond donors (Lipinski definition) is 2. The van der Waals surface area contributed by atoms with Crippen molar-refractivity contribution in [2.24, 2.45) is 17.8 Å². The van der Waals surface area contributed by atoms with Gasteiger partial charge in [0, 0.05) is 5.54 Å². The molecule has 3 N–H and O–H groups in total. The van der Waals surface area contributed by atoms with Gasteiger partial charge in [0.05, 0.1) is 7.05 Å². The van der Waals surface area contributed by atoms with E-state index in [1.807, 2.05) is 20.8 Å². The lowest BCUT2D eigenvalue weighted by atomic mass is 10.1. The van der Waals surface area contributed by atoms with Gasteiger partial charge in [0.25, 0.3) is 0 Å². The van der Waals surface area contributed by atoms with Gasteiger partial charge in [-0.2, -0.15) is 4.80 Å². The predicted octanol–water partition coefficient (Wildman–Crippen LogP) is 0.0309. The quantitative estimate of drug-likeness (QED) is 0.450. The monoisotopic (exact) mass is 339 g/mol. The Morgan fingerprint density at radius 3 is 2.56 bits per heavy atom. The van der Waals surface area contributed by atoms with Crippen molar-refractivity contribution in [1.29, 1.82) is 0 Å². The van der Waals surface area contributed by atoms with Gasteiger partial charge in [0.15, 0.2) is 11.8 Å². The summed E-state index contributed by atoms with van der Waals surface area (Å²) in [5.74, 6) is 0.936. The van der Waals surface area contributed by atoms with Crippen LogP contribution in [0.5, 0.6) is 0 Å². The molecule has 0 saturated carbocycles. The van der Waals surface area contributed by atoms with E-state index in [-0.39, 0.29) is 29.5 Å². The molecular formula is C8H18IN7. The Labute approximate surface area is 112 Å². The number of hydrogen-bond acceptors (Lipinski definition) is 4. The van der Waals surface area contributed by atoms with E-state index in [4.69, 9.17) is 5.73 Å². The van der Waals surface area contributed by atoms with Gasteiger partial charge in [-0.05, 0) is 26.0 Å². The lowest BCUT2D eigenvalue weighted by Gasteiger charge is -2.20. The van der Waals surface area contributed by atoms with Gasteiger partial charge in [0.2, 0.25) is 0 Å². The Morgan fingerprint density at radius 1 is 1.50 bits per heavy atom. The number of guanidine groups is 1. The van der Waals surface area contributed by atoms with Gasteiger partial charge in [-0.15, -0.1) is 34.2 Å². The molecule has 0 atom stereocenters. The zero-order chi connectivity index (χ0) is 11.5. The van der Waals surface area contributed by atoms with E-state index in [0.717, 1.165) is 0 Å². The minimum atomic E-state index is -0.0939. The first-order valence-electron chi connectivity index (χ1n) is 4.68. The first-order chi connectivity index (χ1) is 6.87. The molecule has 1 aromatic rings. The molecule has 7 nitrogen and oxygen atoms in total. The second-order valence-corrected chi connectivity index (χ2v) is 4.27. The van der Waals surface area contributed by atoms with Gasteiger partial charge in [-0.3, -0.25) is 0 Å². The first kappa shape index (κ1) is 15.1. The number of aryl methyl sites for hydroxylation is 1. The lowest BCUT2D eigenvalue weighted by Crippen LogP contribution is -2.45. The Morgan fingerprint density at radius 2 is 2.12 bits per heavy atom. The summed E-state index contributed by atoms with van der Waals surface area (Å²) in [4.78, 5) is 5.49. The average Bonchev–Trinajstić information content (AvgIpc) is 2.45. The highest BCUT2D eigenvalue weighted by Gasteiger charge is 2.09. The van der Waals surface area contributed by atoms with E-state index >= 15 is 0 Å². The molecule has 0 spiro atoms. The first-order valence-corrected chi connectivity index (χ1v) is 4.68. The Bertz CT molecular complexity index is 352. The molecule has 0 saturated heterocycles. The maximum Gasteiger partial charge on any atom is 0.196 e. The highest BCUT2D eigenvalue weighted by atomic mass is 127. The molecule has 1 heterocycles. The van der Waals surface area contributed by atoms with Gasteiger partial charge in [0.1, 0.15) is 6.54 Å². The average molecular weight is 339 g/mol. The summed E-state index contributed by atoms with van der Waals surface area (Å²) in [5, 5.41) is 14.5. The number of halogens is 1. The van der Waals surface area contributed by atoms with E-state index in [1.54, 1.807) is 7.05 Å². The van der Waals surface area contributed by atoms with Crippen molar-refractivity contribution in [3.63, 3.8) is 0 Å². The smallest absolute Gasteiger partial charge is 0.196 e. The van der Waals surface area contributed by atoms with Crippen LogP contribution in [0, 0.1) is 0 Å². The summed E-state index contributed by atoms with van der Waals surface area (Å²) in [6.07, 6.45) is 0. The molecule has 0 amide bonds. The van der Waals surface area contributed by atoms with Gasteiger partial charge >= 0.3 is 0 Å². The second kappa shape index (κ2) is 5.97. The van der Waals surface area contributed by atoms with E-state index in [0.29, 0.717) is 18.3 Å². The summed E-state index contributed by atoms with van der Waals surface area (Å²) < 4.78 is 0. The van der Waals surface area contributed by atoms with Crippen molar-refractivity contribution in [3.05, 3.63) is 5.82 Å². The zero-order valence-corrected chi connectivity index (χ0v) is 12.3. The van der Waals surface area contributed by atoms with E-state index in [2.05, 4.69) is 25.7 Å². The third-order valence-corrected chi connectivity index (χ3v) is 1.44. The van der Waals surface area contributed by atoms with Crippen molar-refractivity contribution in [2.45, 2.75) is 32.9 Å². The van der Waals surface area contributed by atoms with Crippen molar-refractivity contribution < 1.29 is 0 Å². The summed E-state index contributed by atoms with van der Waals surface area (Å²) in [6.45, 7) is 6.37. The maximum absolute atomic E-state index is 5.67. The Balaban J connectivity index is 0.00000225. The van der Waals surface area contributed by atoms with Crippen LogP contribution in [-0.4, -0.2) is 31.7 Å². The van der Waals surface area contributed by atoms with Gasteiger partial charge < -0.3 is 11.1 Å². The van der Waals surface area contributed by atoms with Gasteiger partial charge in [-0.25, -0.2) is 4.99 Å². The number of tetrazole rings is 1. The third kappa shape index (κ3) is 5.83. The highest BCUT2D eigenvalue weighted by Crippen LogP contribution is 1.97. The van der Waals surface area contributed by atoms with Crippen LogP contribution in [0.1, 0.15) is 26.6 Å². The van der Waals surface area contributed by atoms with Gasteiger partial charge in [-0.1, -0.05) is 0 Å². The molecule has 0 aliphatic heterocycles. The zero-order valence-electron chi connectivity index (χ0n) is 9.93.